The van der Waals surface area contributed by atoms with Crippen LogP contribution in [0.3, 0.4) is 0 Å². The number of halogens is 2. The number of rotatable bonds is 5. The van der Waals surface area contributed by atoms with Gasteiger partial charge in [-0.25, -0.2) is 8.78 Å². The van der Waals surface area contributed by atoms with Gasteiger partial charge in [0.1, 0.15) is 5.82 Å². The van der Waals surface area contributed by atoms with E-state index in [-0.39, 0.29) is 23.6 Å². The molecular weight excluding hydrogens is 274 g/mol. The Bertz CT molecular complexity index is 600. The van der Waals surface area contributed by atoms with Crippen LogP contribution < -0.4 is 22.9 Å². The fraction of sp³-hybridized carbons (Fsp3) is 0.200. The number of hydrogen-bond acceptors (Lipinski definition) is 4. The predicted molar refractivity (Wildman–Crippen MR) is 82.6 cm³/mol. The summed E-state index contributed by atoms with van der Waals surface area (Å²) in [4.78, 5) is 0. The summed E-state index contributed by atoms with van der Waals surface area (Å²) in [6.07, 6.45) is 5.33. The van der Waals surface area contributed by atoms with Crippen LogP contribution in [0.2, 0.25) is 0 Å². The highest BCUT2D eigenvalue weighted by Gasteiger charge is 2.10. The van der Waals surface area contributed by atoms with Crippen molar-refractivity contribution in [1.29, 1.82) is 0 Å². The third-order valence-corrected chi connectivity index (χ3v) is 2.91. The third kappa shape index (κ3) is 4.06. The number of allylic oxidation sites excluding steroid dienone is 2. The van der Waals surface area contributed by atoms with E-state index in [0.29, 0.717) is 17.6 Å². The molecule has 0 aliphatic heterocycles. The van der Waals surface area contributed by atoms with Crippen molar-refractivity contribution in [3.63, 3.8) is 0 Å². The van der Waals surface area contributed by atoms with Crippen molar-refractivity contribution in [3.05, 3.63) is 58.4 Å². The fourth-order valence-corrected chi connectivity index (χ4v) is 1.83. The van der Waals surface area contributed by atoms with Gasteiger partial charge >= 0.3 is 0 Å². The minimum absolute atomic E-state index is 0.0790. The second kappa shape index (κ2) is 7.44. The molecule has 0 atom stereocenters. The van der Waals surface area contributed by atoms with Crippen LogP contribution in [0.4, 0.5) is 14.5 Å². The molecule has 0 fully saturated rings. The fourth-order valence-electron chi connectivity index (χ4n) is 1.83. The molecule has 0 saturated heterocycles. The van der Waals surface area contributed by atoms with Crippen LogP contribution in [0.15, 0.2) is 41.3 Å². The van der Waals surface area contributed by atoms with Gasteiger partial charge in [-0.1, -0.05) is 19.1 Å². The standard InChI is InChI=1S/C15H20F2N4/c1-2-3-9(11(8-18)15(20)21)4-5-10-12(16)6-7-13(19)14(10)17/h3-7H,2,8,18-21H2,1H3/b5-4?,9-3-. The monoisotopic (exact) mass is 294 g/mol. The summed E-state index contributed by atoms with van der Waals surface area (Å²) >= 11 is 0. The molecule has 0 amide bonds. The predicted octanol–water partition coefficient (Wildman–Crippen LogP) is 1.98. The Morgan fingerprint density at radius 3 is 2.43 bits per heavy atom. The van der Waals surface area contributed by atoms with E-state index >= 15 is 0 Å². The van der Waals surface area contributed by atoms with Gasteiger partial charge in [0, 0.05) is 17.7 Å². The number of anilines is 1. The molecule has 0 aliphatic carbocycles. The lowest BCUT2D eigenvalue weighted by molar-refractivity contribution is 0.582. The van der Waals surface area contributed by atoms with Crippen molar-refractivity contribution in [2.24, 2.45) is 17.2 Å². The maximum atomic E-state index is 13.8. The highest BCUT2D eigenvalue weighted by molar-refractivity contribution is 5.62. The molecule has 0 aromatic heterocycles. The van der Waals surface area contributed by atoms with Gasteiger partial charge in [-0.15, -0.1) is 0 Å². The zero-order chi connectivity index (χ0) is 16.0. The first-order valence-corrected chi connectivity index (χ1v) is 6.48. The van der Waals surface area contributed by atoms with Crippen molar-refractivity contribution in [3.8, 4) is 0 Å². The molecule has 0 unspecified atom stereocenters. The van der Waals surface area contributed by atoms with Gasteiger partial charge in [0.15, 0.2) is 5.82 Å². The van der Waals surface area contributed by atoms with Gasteiger partial charge in [0.05, 0.1) is 11.5 Å². The largest absolute Gasteiger partial charge is 0.396 e. The molecule has 0 radical (unpaired) electrons. The molecular formula is C15H20F2N4. The Balaban J connectivity index is 3.26. The van der Waals surface area contributed by atoms with Crippen LogP contribution in [-0.2, 0) is 0 Å². The van der Waals surface area contributed by atoms with E-state index in [0.717, 1.165) is 6.07 Å². The molecule has 0 bridgehead atoms. The first-order valence-electron chi connectivity index (χ1n) is 6.48. The maximum absolute atomic E-state index is 13.8. The average Bonchev–Trinajstić information content (AvgIpc) is 2.43. The van der Waals surface area contributed by atoms with Crippen LogP contribution in [0.5, 0.6) is 0 Å². The van der Waals surface area contributed by atoms with Gasteiger partial charge in [-0.2, -0.15) is 0 Å². The highest BCUT2D eigenvalue weighted by Crippen LogP contribution is 2.22. The molecule has 4 nitrogen and oxygen atoms in total. The van der Waals surface area contributed by atoms with Crippen LogP contribution in [0, 0.1) is 11.6 Å². The normalized spacial score (nSPS) is 11.9. The quantitative estimate of drug-likeness (QED) is 0.492. The molecule has 114 valence electrons. The Morgan fingerprint density at radius 2 is 1.90 bits per heavy atom. The lowest BCUT2D eigenvalue weighted by atomic mass is 10.0. The SMILES string of the molecule is CC/C=C(/C=Cc1c(F)ccc(N)c1F)C(CN)=C(N)N. The zero-order valence-electron chi connectivity index (χ0n) is 11.9. The lowest BCUT2D eigenvalue weighted by Gasteiger charge is -2.09. The van der Waals surface area contributed by atoms with Gasteiger partial charge in [0.25, 0.3) is 0 Å². The van der Waals surface area contributed by atoms with E-state index in [2.05, 4.69) is 0 Å². The molecule has 1 aromatic carbocycles. The second-order valence-electron chi connectivity index (χ2n) is 4.40. The lowest BCUT2D eigenvalue weighted by Crippen LogP contribution is -2.18. The molecule has 1 rings (SSSR count). The van der Waals surface area contributed by atoms with Crippen LogP contribution in [-0.4, -0.2) is 6.54 Å². The van der Waals surface area contributed by atoms with Crippen molar-refractivity contribution in [1.82, 2.24) is 0 Å². The van der Waals surface area contributed by atoms with E-state index in [1.165, 1.54) is 18.2 Å². The summed E-state index contributed by atoms with van der Waals surface area (Å²) in [5, 5.41) is 0. The Hall–Kier alpha value is -2.34. The summed E-state index contributed by atoms with van der Waals surface area (Å²) in [6, 6.07) is 2.28. The second-order valence-corrected chi connectivity index (χ2v) is 4.40. The van der Waals surface area contributed by atoms with Gasteiger partial charge in [0.2, 0.25) is 0 Å². The minimum Gasteiger partial charge on any atom is -0.396 e. The van der Waals surface area contributed by atoms with E-state index in [4.69, 9.17) is 22.9 Å². The highest BCUT2D eigenvalue weighted by atomic mass is 19.1. The van der Waals surface area contributed by atoms with Crippen LogP contribution in [0.25, 0.3) is 6.08 Å². The summed E-state index contributed by atoms with van der Waals surface area (Å²) in [7, 11) is 0. The van der Waals surface area contributed by atoms with E-state index in [9.17, 15) is 8.78 Å². The van der Waals surface area contributed by atoms with E-state index < -0.39 is 11.6 Å². The Kier molecular flexibility index (Phi) is 5.92. The summed E-state index contributed by atoms with van der Waals surface area (Å²) in [5.41, 5.74) is 23.0. The number of hydrogen-bond donors (Lipinski definition) is 4. The molecule has 21 heavy (non-hydrogen) atoms. The summed E-state index contributed by atoms with van der Waals surface area (Å²) < 4.78 is 27.5. The molecule has 0 heterocycles. The summed E-state index contributed by atoms with van der Waals surface area (Å²) in [5.74, 6) is -1.43. The average molecular weight is 294 g/mol. The molecule has 0 saturated carbocycles. The zero-order valence-corrected chi connectivity index (χ0v) is 11.9. The number of nitrogen functional groups attached to an aromatic ring is 1. The first kappa shape index (κ1) is 16.7. The smallest absolute Gasteiger partial charge is 0.156 e. The molecule has 6 heteroatoms. The van der Waals surface area contributed by atoms with Crippen LogP contribution >= 0.6 is 0 Å². The molecule has 1 aromatic rings. The van der Waals surface area contributed by atoms with Crippen molar-refractivity contribution < 1.29 is 8.78 Å². The Labute approximate surface area is 122 Å². The van der Waals surface area contributed by atoms with Gasteiger partial charge < -0.3 is 22.9 Å². The molecule has 0 spiro atoms. The van der Waals surface area contributed by atoms with Gasteiger partial charge in [-0.3, -0.25) is 0 Å². The molecule has 8 N–H and O–H groups in total. The Morgan fingerprint density at radius 1 is 1.24 bits per heavy atom. The van der Waals surface area contributed by atoms with Gasteiger partial charge in [-0.05, 0) is 30.2 Å². The van der Waals surface area contributed by atoms with Crippen molar-refractivity contribution in [2.45, 2.75) is 13.3 Å². The van der Waals surface area contributed by atoms with Crippen molar-refractivity contribution in [2.75, 3.05) is 12.3 Å². The summed E-state index contributed by atoms with van der Waals surface area (Å²) in [6.45, 7) is 2.04. The minimum atomic E-state index is -0.805. The number of benzene rings is 1. The van der Waals surface area contributed by atoms with E-state index in [1.54, 1.807) is 0 Å². The maximum Gasteiger partial charge on any atom is 0.156 e. The van der Waals surface area contributed by atoms with Crippen molar-refractivity contribution >= 4 is 11.8 Å². The molecule has 0 aliphatic rings. The topological polar surface area (TPSA) is 104 Å². The number of nitrogens with two attached hydrogens (primary N) is 4. The third-order valence-electron chi connectivity index (χ3n) is 2.91. The first-order chi connectivity index (χ1) is 9.92. The van der Waals surface area contributed by atoms with E-state index in [1.807, 2.05) is 13.0 Å². The van der Waals surface area contributed by atoms with Crippen LogP contribution in [0.1, 0.15) is 18.9 Å².